The van der Waals surface area contributed by atoms with Gasteiger partial charge in [-0.2, -0.15) is 0 Å². The molecule has 3 fully saturated rings. The fraction of sp³-hybridized carbons (Fsp3) is 0.529. The topological polar surface area (TPSA) is 74.6 Å². The van der Waals surface area contributed by atoms with E-state index in [1.54, 1.807) is 4.90 Å². The Labute approximate surface area is 248 Å². The summed E-state index contributed by atoms with van der Waals surface area (Å²) in [4.78, 5) is 38.0. The second kappa shape index (κ2) is 10.5. The first-order chi connectivity index (χ1) is 20.3. The largest absolute Gasteiger partial charge is 0.355 e. The molecule has 8 nitrogen and oxygen atoms in total. The zero-order chi connectivity index (χ0) is 29.0. The lowest BCUT2D eigenvalue weighted by molar-refractivity contribution is -0.119. The number of benzene rings is 2. The van der Waals surface area contributed by atoms with Gasteiger partial charge in [-0.25, -0.2) is 9.67 Å². The van der Waals surface area contributed by atoms with Crippen molar-refractivity contribution in [3.05, 3.63) is 53.9 Å². The van der Waals surface area contributed by atoms with Crippen LogP contribution in [-0.4, -0.2) is 63.7 Å². The Balaban J connectivity index is 1.27. The number of hydrogen-bond donors (Lipinski definition) is 0. The maximum absolute atomic E-state index is 13.8. The van der Waals surface area contributed by atoms with E-state index >= 15 is 0 Å². The quantitative estimate of drug-likeness (QED) is 0.379. The molecule has 4 aliphatic rings. The molecule has 0 unspecified atom stereocenters. The summed E-state index contributed by atoms with van der Waals surface area (Å²) in [5.74, 6) is 0.935. The molecular weight excluding hydrogens is 524 g/mol. The number of fused-ring (bicyclic) bond motifs is 1. The number of likely N-dealkylation sites (tertiary alicyclic amines) is 1. The van der Waals surface area contributed by atoms with Gasteiger partial charge in [-0.15, -0.1) is 5.10 Å². The van der Waals surface area contributed by atoms with Gasteiger partial charge in [-0.3, -0.25) is 9.59 Å². The Morgan fingerprint density at radius 3 is 2.29 bits per heavy atom. The van der Waals surface area contributed by atoms with Gasteiger partial charge in [0.25, 0.3) is 5.91 Å². The van der Waals surface area contributed by atoms with Gasteiger partial charge in [-0.05, 0) is 88.1 Å². The van der Waals surface area contributed by atoms with Crippen molar-refractivity contribution in [2.75, 3.05) is 29.9 Å². The van der Waals surface area contributed by atoms with Gasteiger partial charge < -0.3 is 14.7 Å². The second-order valence-corrected chi connectivity index (χ2v) is 13.1. The molecule has 3 aromatic rings. The van der Waals surface area contributed by atoms with Crippen LogP contribution in [-0.2, 0) is 4.79 Å². The van der Waals surface area contributed by atoms with E-state index in [9.17, 15) is 9.59 Å². The summed E-state index contributed by atoms with van der Waals surface area (Å²) in [7, 11) is 1.86. The van der Waals surface area contributed by atoms with E-state index in [0.717, 1.165) is 67.0 Å². The van der Waals surface area contributed by atoms with Gasteiger partial charge in [-0.1, -0.05) is 43.4 Å². The average Bonchev–Trinajstić information content (AvgIpc) is 3.79. The number of aryl methyl sites for hydroxylation is 1. The highest BCUT2D eigenvalue weighted by Gasteiger charge is 2.40. The minimum atomic E-state index is -0.227. The standard InChI is InChI=1S/C34H42N6O2/c1-23-10-13-27(14-11-23)40-31(35-30(36-40)33(42)38-20-18-34(19-21-38)16-6-7-17-34)25-12-15-28-29(22-25)39(26-8-4-5-9-26)24(2)32(41)37(28)3/h10-15,22,24,26H,4-9,16-21H2,1-3H3/t24-/m1/s1. The molecule has 1 saturated heterocycles. The van der Waals surface area contributed by atoms with Crippen LogP contribution in [0.2, 0.25) is 0 Å². The molecule has 0 N–H and O–H groups in total. The predicted octanol–water partition coefficient (Wildman–Crippen LogP) is 6.15. The van der Waals surface area contributed by atoms with Crippen LogP contribution in [0.4, 0.5) is 11.4 Å². The molecule has 2 aliphatic carbocycles. The number of amides is 2. The van der Waals surface area contributed by atoms with E-state index in [4.69, 9.17) is 10.1 Å². The van der Waals surface area contributed by atoms with Crippen LogP contribution in [0.15, 0.2) is 42.5 Å². The summed E-state index contributed by atoms with van der Waals surface area (Å²) in [6.07, 6.45) is 12.0. The van der Waals surface area contributed by atoms with E-state index in [1.165, 1.54) is 38.5 Å². The Kier molecular flexibility index (Phi) is 6.82. The number of piperidine rings is 1. The van der Waals surface area contributed by atoms with Crippen molar-refractivity contribution in [3.8, 4) is 17.1 Å². The molecule has 2 aliphatic heterocycles. The van der Waals surface area contributed by atoms with Gasteiger partial charge in [0.05, 0.1) is 17.1 Å². The van der Waals surface area contributed by atoms with Crippen LogP contribution in [0.25, 0.3) is 17.1 Å². The lowest BCUT2D eigenvalue weighted by Crippen LogP contribution is -2.54. The van der Waals surface area contributed by atoms with E-state index in [2.05, 4.69) is 30.0 Å². The normalized spacial score (nSPS) is 22.3. The maximum Gasteiger partial charge on any atom is 0.293 e. The Morgan fingerprint density at radius 1 is 0.905 bits per heavy atom. The van der Waals surface area contributed by atoms with Crippen molar-refractivity contribution in [3.63, 3.8) is 0 Å². The van der Waals surface area contributed by atoms with Gasteiger partial charge in [0.1, 0.15) is 6.04 Å². The minimum Gasteiger partial charge on any atom is -0.355 e. The van der Waals surface area contributed by atoms with Crippen LogP contribution in [0, 0.1) is 12.3 Å². The Hall–Kier alpha value is -3.68. The molecular formula is C34H42N6O2. The molecule has 8 heteroatoms. The Morgan fingerprint density at radius 2 is 1.60 bits per heavy atom. The molecule has 220 valence electrons. The van der Waals surface area contributed by atoms with Crippen LogP contribution in [0.5, 0.6) is 0 Å². The lowest BCUT2D eigenvalue weighted by Gasteiger charge is -2.43. The van der Waals surface area contributed by atoms with Crippen molar-refractivity contribution < 1.29 is 9.59 Å². The zero-order valence-corrected chi connectivity index (χ0v) is 25.2. The van der Waals surface area contributed by atoms with E-state index < -0.39 is 0 Å². The fourth-order valence-electron chi connectivity index (χ4n) is 7.98. The number of carbonyl (C=O) groups excluding carboxylic acids is 2. The summed E-state index contributed by atoms with van der Waals surface area (Å²) in [5, 5.41) is 4.84. The van der Waals surface area contributed by atoms with Gasteiger partial charge >= 0.3 is 0 Å². The third kappa shape index (κ3) is 4.59. The zero-order valence-electron chi connectivity index (χ0n) is 25.2. The molecule has 1 atom stereocenters. The summed E-state index contributed by atoms with van der Waals surface area (Å²) >= 11 is 0. The first-order valence-electron chi connectivity index (χ1n) is 15.9. The van der Waals surface area contributed by atoms with Gasteiger partial charge in [0, 0.05) is 31.7 Å². The fourth-order valence-corrected chi connectivity index (χ4v) is 7.98. The first-order valence-corrected chi connectivity index (χ1v) is 15.9. The monoisotopic (exact) mass is 566 g/mol. The van der Waals surface area contributed by atoms with Crippen LogP contribution in [0.1, 0.15) is 87.3 Å². The van der Waals surface area contributed by atoms with Crippen LogP contribution < -0.4 is 9.80 Å². The number of carbonyl (C=O) groups is 2. The van der Waals surface area contributed by atoms with Crippen LogP contribution >= 0.6 is 0 Å². The third-order valence-electron chi connectivity index (χ3n) is 10.5. The maximum atomic E-state index is 13.8. The van der Waals surface area contributed by atoms with Crippen molar-refractivity contribution in [1.29, 1.82) is 0 Å². The highest BCUT2D eigenvalue weighted by Crippen LogP contribution is 2.46. The molecule has 0 bridgehead atoms. The smallest absolute Gasteiger partial charge is 0.293 e. The minimum absolute atomic E-state index is 0.0838. The summed E-state index contributed by atoms with van der Waals surface area (Å²) in [6.45, 7) is 5.64. The molecule has 3 heterocycles. The van der Waals surface area contributed by atoms with Crippen molar-refractivity contribution >= 4 is 23.2 Å². The van der Waals surface area contributed by atoms with Crippen molar-refractivity contribution in [2.24, 2.45) is 5.41 Å². The highest BCUT2D eigenvalue weighted by atomic mass is 16.2. The molecule has 2 amide bonds. The number of anilines is 2. The SMILES string of the molecule is Cc1ccc(-n2nc(C(=O)N3CCC4(CCCC4)CC3)nc2-c2ccc3c(c2)N(C2CCCC2)[C@H](C)C(=O)N3C)cc1. The van der Waals surface area contributed by atoms with Gasteiger partial charge in [0.15, 0.2) is 5.82 Å². The van der Waals surface area contributed by atoms with Crippen molar-refractivity contribution in [1.82, 2.24) is 19.7 Å². The summed E-state index contributed by atoms with van der Waals surface area (Å²) in [5.41, 5.74) is 5.34. The average molecular weight is 567 g/mol. The molecule has 2 aromatic carbocycles. The number of rotatable bonds is 4. The van der Waals surface area contributed by atoms with E-state index in [-0.39, 0.29) is 23.7 Å². The molecule has 42 heavy (non-hydrogen) atoms. The van der Waals surface area contributed by atoms with Crippen molar-refractivity contribution in [2.45, 2.75) is 90.1 Å². The van der Waals surface area contributed by atoms with Gasteiger partial charge in [0.2, 0.25) is 11.7 Å². The number of nitrogens with zero attached hydrogens (tertiary/aromatic N) is 6. The predicted molar refractivity (Wildman–Crippen MR) is 165 cm³/mol. The molecule has 1 spiro atoms. The third-order valence-corrected chi connectivity index (χ3v) is 10.5. The summed E-state index contributed by atoms with van der Waals surface area (Å²) in [6, 6.07) is 14.5. The molecule has 2 saturated carbocycles. The van der Waals surface area contributed by atoms with Crippen LogP contribution in [0.3, 0.4) is 0 Å². The van der Waals surface area contributed by atoms with E-state index in [1.807, 2.05) is 47.8 Å². The lowest BCUT2D eigenvalue weighted by atomic mass is 9.77. The number of likely N-dealkylation sites (N-methyl/N-ethyl adjacent to an activating group) is 1. The molecule has 1 aromatic heterocycles. The number of hydrogen-bond acceptors (Lipinski definition) is 5. The highest BCUT2D eigenvalue weighted by molar-refractivity contribution is 6.05. The van der Waals surface area contributed by atoms with E-state index in [0.29, 0.717) is 17.3 Å². The Bertz CT molecular complexity index is 1490. The summed E-state index contributed by atoms with van der Waals surface area (Å²) < 4.78 is 1.82. The molecule has 0 radical (unpaired) electrons. The second-order valence-electron chi connectivity index (χ2n) is 13.1. The number of aromatic nitrogens is 3. The first kappa shape index (κ1) is 27.2. The molecule has 7 rings (SSSR count).